The molecule has 0 saturated carbocycles. The van der Waals surface area contributed by atoms with Gasteiger partial charge in [-0.25, -0.2) is 22.0 Å². The van der Waals surface area contributed by atoms with Gasteiger partial charge in [-0.2, -0.15) is 0 Å². The number of hydrogen-bond donors (Lipinski definition) is 1. The molecule has 0 aliphatic heterocycles. The first kappa shape index (κ1) is 20.0. The van der Waals surface area contributed by atoms with Crippen molar-refractivity contribution in [3.8, 4) is 5.75 Å². The highest BCUT2D eigenvalue weighted by atomic mass is 32.2. The molecule has 0 aromatic heterocycles. The summed E-state index contributed by atoms with van der Waals surface area (Å²) in [4.78, 5) is 11.0. The van der Waals surface area contributed by atoms with Crippen LogP contribution in [0.1, 0.15) is 12.5 Å². The van der Waals surface area contributed by atoms with Gasteiger partial charge < -0.3 is 10.1 Å². The lowest BCUT2D eigenvalue weighted by Gasteiger charge is -2.14. The van der Waals surface area contributed by atoms with E-state index in [1.807, 2.05) is 0 Å². The third-order valence-electron chi connectivity index (χ3n) is 3.46. The van der Waals surface area contributed by atoms with Crippen molar-refractivity contribution in [2.45, 2.75) is 23.6 Å². The van der Waals surface area contributed by atoms with Crippen molar-refractivity contribution >= 4 is 17.7 Å². The number of hydrogen-bond acceptors (Lipinski definition) is 3. The first-order chi connectivity index (χ1) is 12.3. The summed E-state index contributed by atoms with van der Waals surface area (Å²) in [5.41, 5.74) is 0.743. The van der Waals surface area contributed by atoms with Crippen LogP contribution in [0.2, 0.25) is 0 Å². The van der Waals surface area contributed by atoms with E-state index in [-0.39, 0.29) is 18.3 Å². The molecule has 1 amide bonds. The van der Waals surface area contributed by atoms with Crippen LogP contribution in [-0.4, -0.2) is 18.3 Å². The third-order valence-corrected chi connectivity index (χ3v) is 4.62. The number of halogens is 5. The molecule has 140 valence electrons. The van der Waals surface area contributed by atoms with Gasteiger partial charge in [0.15, 0.2) is 23.3 Å². The summed E-state index contributed by atoms with van der Waals surface area (Å²) in [5, 5.41) is 1.45. The van der Waals surface area contributed by atoms with Crippen molar-refractivity contribution in [2.24, 2.45) is 0 Å². The Hall–Kier alpha value is -2.29. The van der Waals surface area contributed by atoms with E-state index in [1.165, 1.54) is 14.0 Å². The van der Waals surface area contributed by atoms with Crippen LogP contribution in [0.25, 0.3) is 0 Å². The summed E-state index contributed by atoms with van der Waals surface area (Å²) in [6, 6.07) is 6.80. The van der Waals surface area contributed by atoms with Gasteiger partial charge in [-0.1, -0.05) is 12.1 Å². The molecule has 0 aliphatic carbocycles. The largest absolute Gasteiger partial charge is 0.497 e. The van der Waals surface area contributed by atoms with Gasteiger partial charge in [0.2, 0.25) is 11.7 Å². The van der Waals surface area contributed by atoms with Crippen LogP contribution in [0.4, 0.5) is 22.0 Å². The van der Waals surface area contributed by atoms with E-state index in [9.17, 15) is 26.7 Å². The van der Waals surface area contributed by atoms with E-state index in [0.29, 0.717) is 5.75 Å². The second-order valence-corrected chi connectivity index (χ2v) is 6.58. The highest BCUT2D eigenvalue weighted by Crippen LogP contribution is 2.33. The van der Waals surface area contributed by atoms with E-state index >= 15 is 0 Å². The Morgan fingerprint density at radius 3 is 2.00 bits per heavy atom. The normalized spacial score (nSPS) is 12.0. The minimum Gasteiger partial charge on any atom is -0.497 e. The molecule has 2 aromatic carbocycles. The van der Waals surface area contributed by atoms with Crippen LogP contribution in [0.3, 0.4) is 0 Å². The molecule has 0 bridgehead atoms. The standard InChI is InChI=1S/C17H14F5NO2S/c1-8(17(24)23-7-9-3-5-10(25-2)6-4-9)26-16-14(21)12(19)11(18)13(20)15(16)22/h3-6,8H,7H2,1-2H3,(H,23,24)/t8-/m0/s1. The number of methoxy groups -OCH3 is 1. The van der Waals surface area contributed by atoms with Crippen LogP contribution in [-0.2, 0) is 11.3 Å². The molecular weight excluding hydrogens is 377 g/mol. The molecular formula is C17H14F5NO2S. The number of ether oxygens (including phenoxy) is 1. The van der Waals surface area contributed by atoms with E-state index < -0.39 is 45.1 Å². The molecule has 0 radical (unpaired) electrons. The summed E-state index contributed by atoms with van der Waals surface area (Å²) in [5.74, 6) is -10.2. The average Bonchev–Trinajstić information content (AvgIpc) is 2.66. The van der Waals surface area contributed by atoms with Gasteiger partial charge in [-0.05, 0) is 24.6 Å². The Bertz CT molecular complexity index is 785. The lowest BCUT2D eigenvalue weighted by molar-refractivity contribution is -0.120. The number of benzene rings is 2. The first-order valence-corrected chi connectivity index (χ1v) is 8.23. The zero-order valence-corrected chi connectivity index (χ0v) is 14.5. The second-order valence-electron chi connectivity index (χ2n) is 5.22. The van der Waals surface area contributed by atoms with E-state index in [2.05, 4.69) is 5.32 Å². The monoisotopic (exact) mass is 391 g/mol. The highest BCUT2D eigenvalue weighted by molar-refractivity contribution is 8.00. The fourth-order valence-electron chi connectivity index (χ4n) is 1.99. The van der Waals surface area contributed by atoms with Crippen molar-refractivity contribution in [3.63, 3.8) is 0 Å². The molecule has 9 heteroatoms. The summed E-state index contributed by atoms with van der Waals surface area (Å²) in [6.07, 6.45) is 0. The molecule has 1 atom stereocenters. The molecule has 3 nitrogen and oxygen atoms in total. The van der Waals surface area contributed by atoms with Crippen LogP contribution < -0.4 is 10.1 Å². The Labute approximate surface area is 150 Å². The summed E-state index contributed by atoms with van der Waals surface area (Å²) >= 11 is 0.254. The second kappa shape index (κ2) is 8.39. The van der Waals surface area contributed by atoms with E-state index in [4.69, 9.17) is 4.74 Å². The predicted molar refractivity (Wildman–Crippen MR) is 86.4 cm³/mol. The maximum Gasteiger partial charge on any atom is 0.233 e. The minimum absolute atomic E-state index is 0.130. The van der Waals surface area contributed by atoms with Gasteiger partial charge in [0.1, 0.15) is 5.75 Å². The molecule has 0 saturated heterocycles. The van der Waals surface area contributed by atoms with Gasteiger partial charge in [0.25, 0.3) is 0 Å². The molecule has 2 aromatic rings. The number of carbonyl (C=O) groups excluding carboxylic acids is 1. The molecule has 0 aliphatic rings. The summed E-state index contributed by atoms with van der Waals surface area (Å²) < 4.78 is 71.8. The van der Waals surface area contributed by atoms with Gasteiger partial charge in [0, 0.05) is 6.54 Å². The van der Waals surface area contributed by atoms with Crippen LogP contribution >= 0.6 is 11.8 Å². The van der Waals surface area contributed by atoms with E-state index in [0.717, 1.165) is 5.56 Å². The topological polar surface area (TPSA) is 38.3 Å². The van der Waals surface area contributed by atoms with Gasteiger partial charge in [0.05, 0.1) is 17.3 Å². The molecule has 26 heavy (non-hydrogen) atoms. The molecule has 0 spiro atoms. The van der Waals surface area contributed by atoms with Crippen molar-refractivity contribution in [2.75, 3.05) is 7.11 Å². The van der Waals surface area contributed by atoms with Crippen LogP contribution in [0.5, 0.6) is 5.75 Å². The molecule has 0 unspecified atom stereocenters. The van der Waals surface area contributed by atoms with Crippen LogP contribution in [0, 0.1) is 29.1 Å². The Morgan fingerprint density at radius 2 is 1.50 bits per heavy atom. The first-order valence-electron chi connectivity index (χ1n) is 7.35. The lowest BCUT2D eigenvalue weighted by atomic mass is 10.2. The van der Waals surface area contributed by atoms with Crippen molar-refractivity contribution in [1.82, 2.24) is 5.32 Å². The Balaban J connectivity index is 2.05. The fourth-order valence-corrected chi connectivity index (χ4v) is 2.92. The smallest absolute Gasteiger partial charge is 0.233 e. The SMILES string of the molecule is COc1ccc(CNC(=O)[C@H](C)Sc2c(F)c(F)c(F)c(F)c2F)cc1. The Morgan fingerprint density at radius 1 is 1.00 bits per heavy atom. The molecule has 2 rings (SSSR count). The Kier molecular flexibility index (Phi) is 6.47. The van der Waals surface area contributed by atoms with E-state index in [1.54, 1.807) is 24.3 Å². The molecule has 0 fully saturated rings. The van der Waals surface area contributed by atoms with Gasteiger partial charge in [-0.3, -0.25) is 4.79 Å². The third kappa shape index (κ3) is 4.27. The van der Waals surface area contributed by atoms with Crippen molar-refractivity contribution in [1.29, 1.82) is 0 Å². The van der Waals surface area contributed by atoms with Crippen molar-refractivity contribution < 1.29 is 31.5 Å². The maximum atomic E-state index is 13.7. The zero-order chi connectivity index (χ0) is 19.4. The number of carbonyl (C=O) groups is 1. The van der Waals surface area contributed by atoms with Crippen LogP contribution in [0.15, 0.2) is 29.2 Å². The summed E-state index contributed by atoms with van der Waals surface area (Å²) in [7, 11) is 1.51. The number of amides is 1. The highest BCUT2D eigenvalue weighted by Gasteiger charge is 2.28. The minimum atomic E-state index is -2.24. The average molecular weight is 391 g/mol. The molecule has 1 N–H and O–H groups in total. The van der Waals surface area contributed by atoms with Gasteiger partial charge >= 0.3 is 0 Å². The quantitative estimate of drug-likeness (QED) is 0.347. The predicted octanol–water partition coefficient (Wildman–Crippen LogP) is 4.19. The zero-order valence-electron chi connectivity index (χ0n) is 13.7. The molecule has 0 heterocycles. The maximum absolute atomic E-state index is 13.7. The lowest BCUT2D eigenvalue weighted by Crippen LogP contribution is -2.30. The fraction of sp³-hybridized carbons (Fsp3) is 0.235. The summed E-state index contributed by atoms with van der Waals surface area (Å²) in [6.45, 7) is 1.43. The van der Waals surface area contributed by atoms with Gasteiger partial charge in [-0.15, -0.1) is 11.8 Å². The van der Waals surface area contributed by atoms with Crippen molar-refractivity contribution in [3.05, 3.63) is 58.9 Å². The number of nitrogens with one attached hydrogen (secondary N) is 1. The number of rotatable bonds is 6. The number of thioether (sulfide) groups is 1.